The summed E-state index contributed by atoms with van der Waals surface area (Å²) in [6.07, 6.45) is 0. The molecule has 0 atom stereocenters. The normalized spacial score (nSPS) is 10.9. The Kier molecular flexibility index (Phi) is 3.34. The van der Waals surface area contributed by atoms with Crippen LogP contribution in [0.1, 0.15) is 20.8 Å². The van der Waals surface area contributed by atoms with Crippen molar-refractivity contribution in [3.8, 4) is 0 Å². The molecule has 0 aliphatic rings. The number of rotatable bonds is 3. The van der Waals surface area contributed by atoms with E-state index in [1.807, 2.05) is 13.8 Å². The maximum Gasteiger partial charge on any atom is 0.332 e. The molecule has 5 heteroatoms. The van der Waals surface area contributed by atoms with E-state index in [-0.39, 0.29) is 17.1 Å². The summed E-state index contributed by atoms with van der Waals surface area (Å²) in [7, 11) is 0. The molecule has 0 aliphatic carbocycles. The van der Waals surface area contributed by atoms with E-state index in [1.165, 1.54) is 15.2 Å². The van der Waals surface area contributed by atoms with Gasteiger partial charge in [0.25, 0.3) is 5.56 Å². The zero-order valence-electron chi connectivity index (χ0n) is 9.36. The van der Waals surface area contributed by atoms with Gasteiger partial charge < -0.3 is 5.73 Å². The van der Waals surface area contributed by atoms with Gasteiger partial charge in [-0.25, -0.2) is 4.79 Å². The Morgan fingerprint density at radius 3 is 2.40 bits per heavy atom. The number of nitrogens with two attached hydrogens (primary N) is 1. The molecule has 1 aromatic heterocycles. The second kappa shape index (κ2) is 4.33. The smallest absolute Gasteiger partial charge is 0.332 e. The van der Waals surface area contributed by atoms with Gasteiger partial charge >= 0.3 is 5.69 Å². The van der Waals surface area contributed by atoms with Gasteiger partial charge in [0.1, 0.15) is 5.82 Å². The summed E-state index contributed by atoms with van der Waals surface area (Å²) in [5.74, 6) is 0.552. The highest BCUT2D eigenvalue weighted by Gasteiger charge is 2.08. The number of anilines is 1. The van der Waals surface area contributed by atoms with Crippen molar-refractivity contribution in [2.24, 2.45) is 5.92 Å². The van der Waals surface area contributed by atoms with E-state index in [1.54, 1.807) is 6.92 Å². The van der Waals surface area contributed by atoms with Crippen molar-refractivity contribution in [1.29, 1.82) is 0 Å². The quantitative estimate of drug-likeness (QED) is 0.780. The molecule has 1 aromatic rings. The predicted octanol–water partition coefficient (Wildman–Crippen LogP) is 0.268. The zero-order valence-corrected chi connectivity index (χ0v) is 9.36. The first-order valence-electron chi connectivity index (χ1n) is 5.07. The Morgan fingerprint density at radius 2 is 1.93 bits per heavy atom. The van der Waals surface area contributed by atoms with Crippen molar-refractivity contribution in [3.63, 3.8) is 0 Å². The van der Waals surface area contributed by atoms with Crippen LogP contribution in [0.15, 0.2) is 15.7 Å². The minimum atomic E-state index is -0.333. The highest BCUT2D eigenvalue weighted by atomic mass is 16.2. The minimum Gasteiger partial charge on any atom is -0.385 e. The van der Waals surface area contributed by atoms with Crippen LogP contribution in [-0.2, 0) is 13.1 Å². The lowest BCUT2D eigenvalue weighted by molar-refractivity contribution is 0.484. The number of aromatic nitrogens is 2. The summed E-state index contributed by atoms with van der Waals surface area (Å²) in [6, 6.07) is 1.30. The van der Waals surface area contributed by atoms with Crippen molar-refractivity contribution in [2.75, 3.05) is 5.73 Å². The van der Waals surface area contributed by atoms with Crippen LogP contribution in [0.5, 0.6) is 0 Å². The molecular formula is C10H17N3O2. The van der Waals surface area contributed by atoms with Gasteiger partial charge in [0.2, 0.25) is 0 Å². The monoisotopic (exact) mass is 211 g/mol. The summed E-state index contributed by atoms with van der Waals surface area (Å²) in [5.41, 5.74) is 4.99. The first kappa shape index (κ1) is 11.6. The molecule has 0 saturated carbocycles. The number of hydrogen-bond acceptors (Lipinski definition) is 3. The van der Waals surface area contributed by atoms with Crippen molar-refractivity contribution in [1.82, 2.24) is 9.13 Å². The van der Waals surface area contributed by atoms with Gasteiger partial charge in [0.15, 0.2) is 0 Å². The van der Waals surface area contributed by atoms with Crippen LogP contribution in [0, 0.1) is 5.92 Å². The Morgan fingerprint density at radius 1 is 1.33 bits per heavy atom. The number of nitrogens with zero attached hydrogens (tertiary/aromatic N) is 2. The van der Waals surface area contributed by atoms with Crippen LogP contribution in [0.3, 0.4) is 0 Å². The first-order chi connectivity index (χ1) is 6.97. The molecule has 0 spiro atoms. The van der Waals surface area contributed by atoms with Crippen LogP contribution >= 0.6 is 0 Å². The van der Waals surface area contributed by atoms with E-state index in [0.29, 0.717) is 19.0 Å². The van der Waals surface area contributed by atoms with E-state index < -0.39 is 0 Å². The van der Waals surface area contributed by atoms with E-state index in [0.717, 1.165) is 0 Å². The number of nitrogen functional groups attached to an aromatic ring is 1. The van der Waals surface area contributed by atoms with Crippen LogP contribution in [0.25, 0.3) is 0 Å². The molecule has 2 N–H and O–H groups in total. The topological polar surface area (TPSA) is 70.0 Å². The second-order valence-corrected chi connectivity index (χ2v) is 3.94. The molecular weight excluding hydrogens is 194 g/mol. The van der Waals surface area contributed by atoms with Gasteiger partial charge in [-0.2, -0.15) is 0 Å². The molecule has 0 bridgehead atoms. The summed E-state index contributed by atoms with van der Waals surface area (Å²) in [6.45, 7) is 6.65. The van der Waals surface area contributed by atoms with Crippen LogP contribution < -0.4 is 17.0 Å². The second-order valence-electron chi connectivity index (χ2n) is 3.94. The summed E-state index contributed by atoms with van der Waals surface area (Å²) >= 11 is 0. The zero-order chi connectivity index (χ0) is 11.6. The van der Waals surface area contributed by atoms with Crippen molar-refractivity contribution in [2.45, 2.75) is 33.9 Å². The van der Waals surface area contributed by atoms with Crippen LogP contribution in [0.2, 0.25) is 0 Å². The standard InChI is InChI=1S/C10H17N3O2/c1-4-12-9(14)5-8(11)13(10(12)15)6-7(2)3/h5,7H,4,6,11H2,1-3H3. The minimum absolute atomic E-state index is 0.239. The van der Waals surface area contributed by atoms with Gasteiger partial charge in [0.05, 0.1) is 0 Å². The van der Waals surface area contributed by atoms with Gasteiger partial charge in [-0.15, -0.1) is 0 Å². The molecule has 1 rings (SSSR count). The fourth-order valence-electron chi connectivity index (χ4n) is 1.47. The molecule has 84 valence electrons. The molecule has 1 heterocycles. The predicted molar refractivity (Wildman–Crippen MR) is 59.9 cm³/mol. The average Bonchev–Trinajstić information content (AvgIpc) is 2.12. The van der Waals surface area contributed by atoms with E-state index in [4.69, 9.17) is 5.73 Å². The van der Waals surface area contributed by atoms with Gasteiger partial charge in [-0.3, -0.25) is 13.9 Å². The lowest BCUT2D eigenvalue weighted by Crippen LogP contribution is -2.40. The molecule has 0 saturated heterocycles. The Labute approximate surface area is 88.1 Å². The average molecular weight is 211 g/mol. The van der Waals surface area contributed by atoms with Crippen molar-refractivity contribution in [3.05, 3.63) is 26.9 Å². The van der Waals surface area contributed by atoms with Crippen LogP contribution in [-0.4, -0.2) is 9.13 Å². The highest BCUT2D eigenvalue weighted by Crippen LogP contribution is 2.00. The molecule has 5 nitrogen and oxygen atoms in total. The van der Waals surface area contributed by atoms with Crippen molar-refractivity contribution >= 4 is 5.82 Å². The Balaban J connectivity index is 3.39. The van der Waals surface area contributed by atoms with E-state index in [2.05, 4.69) is 0 Å². The summed E-state index contributed by atoms with van der Waals surface area (Å²) in [5, 5.41) is 0. The molecule has 0 radical (unpaired) electrons. The Bertz CT molecular complexity index is 457. The molecule has 0 aromatic carbocycles. The lowest BCUT2D eigenvalue weighted by Gasteiger charge is -2.13. The maximum atomic E-state index is 11.8. The van der Waals surface area contributed by atoms with E-state index >= 15 is 0 Å². The molecule has 0 aliphatic heterocycles. The van der Waals surface area contributed by atoms with E-state index in [9.17, 15) is 9.59 Å². The molecule has 0 unspecified atom stereocenters. The third-order valence-electron chi connectivity index (χ3n) is 2.17. The van der Waals surface area contributed by atoms with Crippen LogP contribution in [0.4, 0.5) is 5.82 Å². The largest absolute Gasteiger partial charge is 0.385 e. The van der Waals surface area contributed by atoms with Gasteiger partial charge in [-0.05, 0) is 12.8 Å². The molecule has 0 amide bonds. The SMILES string of the molecule is CCn1c(=O)cc(N)n(CC(C)C)c1=O. The lowest BCUT2D eigenvalue weighted by atomic mass is 10.2. The summed E-state index contributed by atoms with van der Waals surface area (Å²) < 4.78 is 2.62. The third-order valence-corrected chi connectivity index (χ3v) is 2.17. The fraction of sp³-hybridized carbons (Fsp3) is 0.600. The van der Waals surface area contributed by atoms with Crippen molar-refractivity contribution < 1.29 is 0 Å². The Hall–Kier alpha value is -1.52. The first-order valence-corrected chi connectivity index (χ1v) is 5.07. The maximum absolute atomic E-state index is 11.8. The molecule has 15 heavy (non-hydrogen) atoms. The number of hydrogen-bond donors (Lipinski definition) is 1. The molecule has 0 fully saturated rings. The van der Waals surface area contributed by atoms with Gasteiger partial charge in [-0.1, -0.05) is 13.8 Å². The summed E-state index contributed by atoms with van der Waals surface area (Å²) in [4.78, 5) is 23.2. The third kappa shape index (κ3) is 2.29. The fourth-order valence-corrected chi connectivity index (χ4v) is 1.47. The highest BCUT2D eigenvalue weighted by molar-refractivity contribution is 5.26. The van der Waals surface area contributed by atoms with Gasteiger partial charge in [0, 0.05) is 19.2 Å².